The van der Waals surface area contributed by atoms with Crippen molar-refractivity contribution >= 4 is 28.8 Å². The van der Waals surface area contributed by atoms with Gasteiger partial charge in [0.05, 0.1) is 17.4 Å². The van der Waals surface area contributed by atoms with Crippen LogP contribution in [0, 0.1) is 36.8 Å². The molecule has 0 amide bonds. The average molecular weight is 449 g/mol. The maximum atomic E-state index is 10.5. The van der Waals surface area contributed by atoms with Gasteiger partial charge in [-0.1, -0.05) is 53.5 Å². The summed E-state index contributed by atoms with van der Waals surface area (Å²) in [5.41, 5.74) is 2.87. The minimum atomic E-state index is -0.721. The molecule has 3 nitrogen and oxygen atoms in total. The molecule has 7 atom stereocenters. The number of fused-ring (bicyclic) bond motifs is 2. The monoisotopic (exact) mass is 448 g/mol. The second kappa shape index (κ2) is 7.68. The van der Waals surface area contributed by atoms with E-state index in [0.717, 1.165) is 29.8 Å². The highest BCUT2D eigenvalue weighted by Crippen LogP contribution is 2.61. The van der Waals surface area contributed by atoms with Crippen LogP contribution in [0.4, 0.5) is 0 Å². The predicted molar refractivity (Wildman–Crippen MR) is 123 cm³/mol. The van der Waals surface area contributed by atoms with Gasteiger partial charge in [0.15, 0.2) is 0 Å². The Bertz CT molecular complexity index is 1100. The molecule has 0 radical (unpaired) electrons. The number of allylic oxidation sites excluding steroid dienone is 1. The number of hydrogen-bond donors (Lipinski definition) is 1. The van der Waals surface area contributed by atoms with Crippen molar-refractivity contribution in [1.29, 1.82) is 0 Å². The molecule has 0 saturated heterocycles. The van der Waals surface area contributed by atoms with Crippen molar-refractivity contribution in [1.82, 2.24) is 0 Å². The second-order valence-corrected chi connectivity index (χ2v) is 10.0. The van der Waals surface area contributed by atoms with Gasteiger partial charge in [-0.2, -0.15) is 0 Å². The molecule has 4 aliphatic rings. The Balaban J connectivity index is 0.000000132. The highest BCUT2D eigenvalue weighted by atomic mass is 35.5. The van der Waals surface area contributed by atoms with Crippen LogP contribution in [0.5, 0.6) is 0 Å². The number of benzene rings is 2. The van der Waals surface area contributed by atoms with Gasteiger partial charge in [-0.3, -0.25) is 0 Å². The first-order valence-corrected chi connectivity index (χ1v) is 11.4. The molecule has 0 bridgehead atoms. The highest BCUT2D eigenvalue weighted by molar-refractivity contribution is 6.30. The Morgan fingerprint density at radius 1 is 0.806 bits per heavy atom. The van der Waals surface area contributed by atoms with Crippen LogP contribution in [0.15, 0.2) is 54.6 Å². The third-order valence-corrected chi connectivity index (χ3v) is 7.87. The summed E-state index contributed by atoms with van der Waals surface area (Å²) in [5.74, 6) is 1.97. The molecule has 3 fully saturated rings. The first-order valence-electron chi connectivity index (χ1n) is 10.6. The van der Waals surface area contributed by atoms with Crippen LogP contribution in [-0.4, -0.2) is 17.2 Å². The lowest BCUT2D eigenvalue weighted by molar-refractivity contribution is 0.0306. The number of nitrogens with zero attached hydrogens (tertiary/aromatic N) is 2. The van der Waals surface area contributed by atoms with Crippen LogP contribution in [0.2, 0.25) is 10.0 Å². The van der Waals surface area contributed by atoms with Crippen LogP contribution in [0.25, 0.3) is 15.3 Å². The van der Waals surface area contributed by atoms with Gasteiger partial charge in [-0.25, -0.2) is 13.1 Å². The van der Waals surface area contributed by atoms with Crippen molar-refractivity contribution in [2.45, 2.75) is 36.9 Å². The molecule has 31 heavy (non-hydrogen) atoms. The van der Waals surface area contributed by atoms with Gasteiger partial charge < -0.3 is 14.8 Å². The second-order valence-electron chi connectivity index (χ2n) is 9.16. The lowest BCUT2D eigenvalue weighted by Crippen LogP contribution is -2.24. The zero-order valence-corrected chi connectivity index (χ0v) is 18.4. The smallest absolute Gasteiger partial charge is 0.234 e. The van der Waals surface area contributed by atoms with Gasteiger partial charge in [0.25, 0.3) is 0 Å². The quantitative estimate of drug-likeness (QED) is 0.520. The number of halogens is 2. The van der Waals surface area contributed by atoms with Crippen molar-refractivity contribution in [3.8, 4) is 0 Å². The van der Waals surface area contributed by atoms with Crippen LogP contribution < -0.4 is 0 Å². The zero-order valence-electron chi connectivity index (χ0n) is 16.9. The summed E-state index contributed by atoms with van der Waals surface area (Å²) >= 11 is 11.7. The van der Waals surface area contributed by atoms with E-state index in [0.29, 0.717) is 28.7 Å². The Morgan fingerprint density at radius 3 is 1.84 bits per heavy atom. The first-order chi connectivity index (χ1) is 14.9. The molecular weight excluding hydrogens is 427 g/mol. The number of aliphatic hydroxyl groups is 1. The molecule has 5 heteroatoms. The van der Waals surface area contributed by atoms with E-state index in [9.17, 15) is 5.11 Å². The molecule has 156 valence electrons. The Kier molecular flexibility index (Phi) is 5.10. The molecule has 2 aromatic rings. The fraction of sp³-hybridized carbons (Fsp3) is 0.385. The van der Waals surface area contributed by atoms with Gasteiger partial charge >= 0.3 is 0 Å². The Morgan fingerprint density at radius 2 is 1.35 bits per heavy atom. The van der Waals surface area contributed by atoms with Gasteiger partial charge in [-0.05, 0) is 60.2 Å². The molecule has 1 N–H and O–H groups in total. The summed E-state index contributed by atoms with van der Waals surface area (Å²) in [6.07, 6.45) is 4.80. The van der Waals surface area contributed by atoms with Crippen LogP contribution in [0.1, 0.15) is 30.4 Å². The van der Waals surface area contributed by atoms with Crippen LogP contribution in [-0.2, 0) is 5.60 Å². The SMILES string of the molecule is [C-]#[N+]C1[C@H]2CC(O)(c3ccc(Cl)cc3)C[C@@H]12.[C-]#[N+][C@@H]1[C@H]2C=C(c3ccc(Cl)cc3)C[C@H]21. The van der Waals surface area contributed by atoms with E-state index >= 15 is 0 Å². The molecule has 6 rings (SSSR count). The summed E-state index contributed by atoms with van der Waals surface area (Å²) in [7, 11) is 0. The minimum absolute atomic E-state index is 0.174. The first kappa shape index (κ1) is 20.6. The summed E-state index contributed by atoms with van der Waals surface area (Å²) < 4.78 is 0. The molecule has 0 spiro atoms. The van der Waals surface area contributed by atoms with Crippen molar-refractivity contribution < 1.29 is 5.11 Å². The summed E-state index contributed by atoms with van der Waals surface area (Å²) in [6.45, 7) is 14.0. The molecule has 2 unspecified atom stereocenters. The van der Waals surface area contributed by atoms with E-state index in [2.05, 4.69) is 27.9 Å². The number of hydrogen-bond acceptors (Lipinski definition) is 1. The van der Waals surface area contributed by atoms with Crippen molar-refractivity contribution in [2.24, 2.45) is 23.7 Å². The maximum absolute atomic E-state index is 10.5. The lowest BCUT2D eigenvalue weighted by Gasteiger charge is -2.24. The molecule has 2 aromatic carbocycles. The topological polar surface area (TPSA) is 28.9 Å². The normalized spacial score (nSPS) is 36.1. The molecule has 0 heterocycles. The van der Waals surface area contributed by atoms with E-state index in [4.69, 9.17) is 36.3 Å². The number of rotatable bonds is 2. The standard InChI is InChI=1S/C13H12ClNO.C13H10ClN/c1-15-12-10-6-13(16,7-11(10)12)8-2-4-9(14)5-3-8;1-15-13-11-6-9(7-12(11)13)8-2-4-10(14)5-3-8/h2-5,10-12,16H,6-7H2;2-6,11-13H,7H2/t10-,11+,12?,13?;11-,12+,13+/m.0/s1. The van der Waals surface area contributed by atoms with E-state index in [1.807, 2.05) is 36.4 Å². The largest absolute Gasteiger partial charge is 0.385 e. The molecule has 0 aliphatic heterocycles. The average Bonchev–Trinajstić information content (AvgIpc) is 3.48. The van der Waals surface area contributed by atoms with E-state index < -0.39 is 5.60 Å². The maximum Gasteiger partial charge on any atom is 0.234 e. The van der Waals surface area contributed by atoms with Gasteiger partial charge in [0, 0.05) is 21.9 Å². The molecule has 0 aromatic heterocycles. The fourth-order valence-electron chi connectivity index (χ4n) is 5.49. The lowest BCUT2D eigenvalue weighted by atomic mass is 9.88. The van der Waals surface area contributed by atoms with Crippen molar-refractivity contribution in [3.05, 3.63) is 98.6 Å². The zero-order chi connectivity index (χ0) is 21.8. The highest BCUT2D eigenvalue weighted by Gasteiger charge is 2.67. The van der Waals surface area contributed by atoms with E-state index in [1.165, 1.54) is 11.1 Å². The molecular formula is C26H22Cl2N2O. The fourth-order valence-corrected chi connectivity index (χ4v) is 5.75. The summed E-state index contributed by atoms with van der Waals surface area (Å²) in [4.78, 5) is 7.19. The van der Waals surface area contributed by atoms with E-state index in [1.54, 1.807) is 0 Å². The van der Waals surface area contributed by atoms with E-state index in [-0.39, 0.29) is 12.1 Å². The third-order valence-electron chi connectivity index (χ3n) is 7.36. The third kappa shape index (κ3) is 3.77. The Labute approximate surface area is 192 Å². The van der Waals surface area contributed by atoms with Gasteiger partial charge in [-0.15, -0.1) is 0 Å². The van der Waals surface area contributed by atoms with Gasteiger partial charge in [0.2, 0.25) is 12.1 Å². The summed E-state index contributed by atoms with van der Waals surface area (Å²) in [6, 6.07) is 15.8. The minimum Gasteiger partial charge on any atom is -0.385 e. The van der Waals surface area contributed by atoms with Crippen LogP contribution in [0.3, 0.4) is 0 Å². The van der Waals surface area contributed by atoms with Gasteiger partial charge in [0.1, 0.15) is 0 Å². The predicted octanol–water partition coefficient (Wildman–Crippen LogP) is 6.52. The van der Waals surface area contributed by atoms with Crippen molar-refractivity contribution in [2.75, 3.05) is 0 Å². The summed E-state index contributed by atoms with van der Waals surface area (Å²) in [5, 5.41) is 12.0. The Hall–Kier alpha value is -2.30. The molecule has 4 aliphatic carbocycles. The van der Waals surface area contributed by atoms with Crippen LogP contribution >= 0.6 is 23.2 Å². The molecule has 3 saturated carbocycles. The van der Waals surface area contributed by atoms with Crippen molar-refractivity contribution in [3.63, 3.8) is 0 Å².